The molecule has 0 fully saturated rings. The van der Waals surface area contributed by atoms with Gasteiger partial charge in [-0.3, -0.25) is 0 Å². The van der Waals surface area contributed by atoms with Crippen LogP contribution >= 0.6 is 0 Å². The molecule has 0 amide bonds. The molecular weight excluding hydrogens is 297 g/mol. The van der Waals surface area contributed by atoms with Gasteiger partial charge < -0.3 is 15.7 Å². The molecular formula is C16H24FN5O. The number of nitrogens with one attached hydrogen (secondary N) is 2. The molecule has 0 aliphatic carbocycles. The largest absolute Gasteiger partial charge is 0.394 e. The summed E-state index contributed by atoms with van der Waals surface area (Å²) in [6.45, 7) is 6.60. The predicted octanol–water partition coefficient (Wildman–Crippen LogP) is 2.95. The lowest BCUT2D eigenvalue weighted by Gasteiger charge is -2.29. The van der Waals surface area contributed by atoms with E-state index in [0.717, 1.165) is 25.5 Å². The highest BCUT2D eigenvalue weighted by Gasteiger charge is 2.24. The number of aromatic nitrogens is 3. The second-order valence-electron chi connectivity index (χ2n) is 5.89. The third-order valence-corrected chi connectivity index (χ3v) is 3.69. The highest BCUT2D eigenvalue weighted by molar-refractivity contribution is 5.86. The van der Waals surface area contributed by atoms with Gasteiger partial charge in [-0.15, -0.1) is 0 Å². The van der Waals surface area contributed by atoms with Gasteiger partial charge in [-0.25, -0.2) is 14.4 Å². The van der Waals surface area contributed by atoms with Crippen molar-refractivity contribution in [2.45, 2.75) is 45.6 Å². The number of hydrogen-bond acceptors (Lipinski definition) is 6. The van der Waals surface area contributed by atoms with Gasteiger partial charge in [0.05, 0.1) is 23.9 Å². The summed E-state index contributed by atoms with van der Waals surface area (Å²) in [6, 6.07) is 1.33. The van der Waals surface area contributed by atoms with Gasteiger partial charge in [0.25, 0.3) is 0 Å². The number of unbranched alkanes of at least 4 members (excludes halogenated alkanes) is 1. The van der Waals surface area contributed by atoms with Gasteiger partial charge in [-0.05, 0) is 20.3 Å². The Morgan fingerprint density at radius 2 is 2.09 bits per heavy atom. The highest BCUT2D eigenvalue weighted by atomic mass is 19.1. The van der Waals surface area contributed by atoms with Crippen LogP contribution in [0.1, 0.15) is 40.0 Å². The summed E-state index contributed by atoms with van der Waals surface area (Å²) < 4.78 is 13.5. The first kappa shape index (κ1) is 17.3. The van der Waals surface area contributed by atoms with Crippen molar-refractivity contribution in [3.63, 3.8) is 0 Å². The van der Waals surface area contributed by atoms with Crippen molar-refractivity contribution in [2.75, 3.05) is 23.8 Å². The van der Waals surface area contributed by atoms with Crippen molar-refractivity contribution in [3.05, 3.63) is 18.1 Å². The Balaban J connectivity index is 2.44. The molecule has 7 heteroatoms. The molecule has 3 N–H and O–H groups in total. The van der Waals surface area contributed by atoms with E-state index in [1.165, 1.54) is 6.07 Å². The van der Waals surface area contributed by atoms with Crippen molar-refractivity contribution < 1.29 is 9.50 Å². The molecule has 2 aromatic rings. The van der Waals surface area contributed by atoms with E-state index in [9.17, 15) is 9.50 Å². The number of aliphatic hydroxyl groups excluding tert-OH is 1. The quantitative estimate of drug-likeness (QED) is 0.693. The van der Waals surface area contributed by atoms with E-state index < -0.39 is 11.4 Å². The topological polar surface area (TPSA) is 83.0 Å². The number of anilines is 2. The van der Waals surface area contributed by atoms with E-state index in [2.05, 4.69) is 32.5 Å². The van der Waals surface area contributed by atoms with Crippen molar-refractivity contribution in [1.82, 2.24) is 15.0 Å². The van der Waals surface area contributed by atoms with Crippen LogP contribution < -0.4 is 10.6 Å². The molecule has 0 unspecified atom stereocenters. The molecule has 0 aliphatic heterocycles. The van der Waals surface area contributed by atoms with E-state index in [0.29, 0.717) is 29.3 Å². The standard InChI is InChI=1S/C16H24FN5O/c1-4-6-7-16(3,10-23)22-14-13-12(8-11(17)9-19-13)20-15(21-14)18-5-2/h8-9,23H,4-7,10H2,1-3H3,(H2,18,20,21,22)/t16-/m1/s1. The Labute approximate surface area is 135 Å². The van der Waals surface area contributed by atoms with Gasteiger partial charge in [0, 0.05) is 12.6 Å². The molecule has 6 nitrogen and oxygen atoms in total. The highest BCUT2D eigenvalue weighted by Crippen LogP contribution is 2.26. The molecule has 0 aromatic carbocycles. The molecule has 2 rings (SSSR count). The minimum absolute atomic E-state index is 0.0315. The first-order chi connectivity index (χ1) is 11.0. The molecule has 23 heavy (non-hydrogen) atoms. The van der Waals surface area contributed by atoms with E-state index in [-0.39, 0.29) is 6.61 Å². The lowest BCUT2D eigenvalue weighted by Crippen LogP contribution is -2.39. The minimum Gasteiger partial charge on any atom is -0.394 e. The fourth-order valence-electron chi connectivity index (χ4n) is 2.35. The zero-order valence-electron chi connectivity index (χ0n) is 13.9. The van der Waals surface area contributed by atoms with Crippen LogP contribution in [0.25, 0.3) is 11.0 Å². The first-order valence-corrected chi connectivity index (χ1v) is 7.97. The van der Waals surface area contributed by atoms with Crippen LogP contribution in [-0.2, 0) is 0 Å². The molecule has 0 saturated heterocycles. The Morgan fingerprint density at radius 1 is 1.30 bits per heavy atom. The van der Waals surface area contributed by atoms with Gasteiger partial charge in [0.1, 0.15) is 11.3 Å². The van der Waals surface area contributed by atoms with Crippen LogP contribution in [0.5, 0.6) is 0 Å². The summed E-state index contributed by atoms with van der Waals surface area (Å²) in [5, 5.41) is 16.1. The molecule has 0 bridgehead atoms. The Morgan fingerprint density at radius 3 is 2.74 bits per heavy atom. The third-order valence-electron chi connectivity index (χ3n) is 3.69. The number of nitrogens with zero attached hydrogens (tertiary/aromatic N) is 3. The van der Waals surface area contributed by atoms with Gasteiger partial charge in [-0.1, -0.05) is 19.8 Å². The maximum absolute atomic E-state index is 13.5. The number of hydrogen-bond donors (Lipinski definition) is 3. The van der Waals surface area contributed by atoms with Crippen LogP contribution in [0.3, 0.4) is 0 Å². The maximum Gasteiger partial charge on any atom is 0.225 e. The lowest BCUT2D eigenvalue weighted by molar-refractivity contribution is 0.212. The lowest BCUT2D eigenvalue weighted by atomic mass is 9.96. The number of rotatable bonds is 8. The zero-order valence-corrected chi connectivity index (χ0v) is 13.9. The molecule has 0 saturated carbocycles. The molecule has 126 valence electrons. The van der Waals surface area contributed by atoms with Crippen LogP contribution in [0.15, 0.2) is 12.3 Å². The summed E-state index contributed by atoms with van der Waals surface area (Å²) in [4.78, 5) is 12.8. The van der Waals surface area contributed by atoms with E-state index in [4.69, 9.17) is 0 Å². The van der Waals surface area contributed by atoms with Crippen LogP contribution in [0.4, 0.5) is 16.2 Å². The average Bonchev–Trinajstić information content (AvgIpc) is 2.53. The number of halogens is 1. The summed E-state index contributed by atoms with van der Waals surface area (Å²) in [5.41, 5.74) is 0.398. The molecule has 2 heterocycles. The Bertz CT molecular complexity index is 666. The number of aliphatic hydroxyl groups is 1. The van der Waals surface area contributed by atoms with E-state index in [1.54, 1.807) is 0 Å². The van der Waals surface area contributed by atoms with Gasteiger partial charge in [0.2, 0.25) is 5.95 Å². The second-order valence-corrected chi connectivity index (χ2v) is 5.89. The smallest absolute Gasteiger partial charge is 0.225 e. The van der Waals surface area contributed by atoms with Crippen LogP contribution in [-0.4, -0.2) is 38.7 Å². The fourth-order valence-corrected chi connectivity index (χ4v) is 2.35. The molecule has 1 atom stereocenters. The second kappa shape index (κ2) is 7.50. The SMILES string of the molecule is CCCC[C@](C)(CO)Nc1nc(NCC)nc2cc(F)cnc12. The number of fused-ring (bicyclic) bond motifs is 1. The van der Waals surface area contributed by atoms with Crippen LogP contribution in [0, 0.1) is 5.82 Å². The van der Waals surface area contributed by atoms with Gasteiger partial charge in [0.15, 0.2) is 5.82 Å². The molecule has 0 radical (unpaired) electrons. The average molecular weight is 321 g/mol. The first-order valence-electron chi connectivity index (χ1n) is 7.97. The number of pyridine rings is 1. The van der Waals surface area contributed by atoms with Gasteiger partial charge in [-0.2, -0.15) is 4.98 Å². The van der Waals surface area contributed by atoms with Crippen molar-refractivity contribution in [2.24, 2.45) is 0 Å². The summed E-state index contributed by atoms with van der Waals surface area (Å²) >= 11 is 0. The van der Waals surface area contributed by atoms with Crippen molar-refractivity contribution in [1.29, 1.82) is 0 Å². The summed E-state index contributed by atoms with van der Waals surface area (Å²) in [6.07, 6.45) is 3.96. The molecule has 0 spiro atoms. The van der Waals surface area contributed by atoms with Crippen molar-refractivity contribution in [3.8, 4) is 0 Å². The summed E-state index contributed by atoms with van der Waals surface area (Å²) in [7, 11) is 0. The fraction of sp³-hybridized carbons (Fsp3) is 0.562. The van der Waals surface area contributed by atoms with Crippen molar-refractivity contribution >= 4 is 22.8 Å². The third kappa shape index (κ3) is 4.25. The van der Waals surface area contributed by atoms with Gasteiger partial charge >= 0.3 is 0 Å². The molecule has 2 aromatic heterocycles. The predicted molar refractivity (Wildman–Crippen MR) is 90.1 cm³/mol. The zero-order chi connectivity index (χ0) is 16.9. The Kier molecular flexibility index (Phi) is 5.65. The maximum atomic E-state index is 13.5. The van der Waals surface area contributed by atoms with E-state index >= 15 is 0 Å². The monoisotopic (exact) mass is 321 g/mol. The summed E-state index contributed by atoms with van der Waals surface area (Å²) in [5.74, 6) is 0.463. The minimum atomic E-state index is -0.517. The Hall–Kier alpha value is -2.02. The van der Waals surface area contributed by atoms with Crippen LogP contribution in [0.2, 0.25) is 0 Å². The van der Waals surface area contributed by atoms with E-state index in [1.807, 2.05) is 13.8 Å². The molecule has 0 aliphatic rings. The normalized spacial score (nSPS) is 13.8.